The number of aliphatic carboxylic acids is 1. The lowest BCUT2D eigenvalue weighted by Crippen LogP contribution is -2.41. The summed E-state index contributed by atoms with van der Waals surface area (Å²) in [6, 6.07) is -0.898. The van der Waals surface area contributed by atoms with Gasteiger partial charge in [0.1, 0.15) is 6.04 Å². The van der Waals surface area contributed by atoms with Crippen LogP contribution in [0.2, 0.25) is 0 Å². The largest absolute Gasteiger partial charge is 0.480 e. The van der Waals surface area contributed by atoms with Gasteiger partial charge >= 0.3 is 5.97 Å². The lowest BCUT2D eigenvalue weighted by Gasteiger charge is -2.15. The molecule has 2 rings (SSSR count). The minimum atomic E-state index is -1.04. The van der Waals surface area contributed by atoms with Crippen molar-refractivity contribution in [2.24, 2.45) is 7.05 Å². The second-order valence-electron chi connectivity index (χ2n) is 6.28. The van der Waals surface area contributed by atoms with Gasteiger partial charge in [0.05, 0.1) is 11.8 Å². The molecule has 0 saturated heterocycles. The number of carboxylic acid groups (broad SMARTS) is 1. The summed E-state index contributed by atoms with van der Waals surface area (Å²) in [5.41, 5.74) is 2.28. The van der Waals surface area contributed by atoms with Crippen molar-refractivity contribution in [3.05, 3.63) is 27.2 Å². The van der Waals surface area contributed by atoms with Crippen LogP contribution in [0, 0.1) is 13.8 Å². The molecule has 25 heavy (non-hydrogen) atoms. The van der Waals surface area contributed by atoms with Crippen LogP contribution in [0.15, 0.2) is 4.79 Å². The Balaban J connectivity index is 2.27. The van der Waals surface area contributed by atoms with Crippen LogP contribution >= 0.6 is 0 Å². The summed E-state index contributed by atoms with van der Waals surface area (Å²) in [5, 5.41) is 14.9. The molecular weight excluding hydrogens is 324 g/mol. The summed E-state index contributed by atoms with van der Waals surface area (Å²) in [7, 11) is 1.70. The van der Waals surface area contributed by atoms with E-state index in [9.17, 15) is 19.5 Å². The molecule has 136 valence electrons. The van der Waals surface area contributed by atoms with Crippen molar-refractivity contribution in [2.45, 2.75) is 52.5 Å². The van der Waals surface area contributed by atoms with E-state index in [2.05, 4.69) is 15.4 Å². The topological polar surface area (TPSA) is 117 Å². The van der Waals surface area contributed by atoms with Crippen LogP contribution in [0.25, 0.3) is 11.0 Å². The van der Waals surface area contributed by atoms with Crippen molar-refractivity contribution in [3.8, 4) is 0 Å². The van der Waals surface area contributed by atoms with E-state index >= 15 is 0 Å². The molecule has 8 nitrogen and oxygen atoms in total. The molecule has 0 aliphatic rings. The number of nitrogens with zero attached hydrogens (tertiary/aromatic N) is 2. The van der Waals surface area contributed by atoms with Gasteiger partial charge in [-0.25, -0.2) is 9.78 Å². The van der Waals surface area contributed by atoms with Gasteiger partial charge in [-0.15, -0.1) is 0 Å². The number of carbonyl (C=O) groups is 2. The fourth-order valence-corrected chi connectivity index (χ4v) is 2.98. The van der Waals surface area contributed by atoms with Crippen molar-refractivity contribution in [1.82, 2.24) is 20.1 Å². The molecule has 0 saturated carbocycles. The molecule has 2 aromatic heterocycles. The number of hydrogen-bond donors (Lipinski definition) is 3. The van der Waals surface area contributed by atoms with E-state index in [4.69, 9.17) is 0 Å². The average Bonchev–Trinajstić information content (AvgIpc) is 2.81. The molecule has 1 unspecified atom stereocenters. The zero-order valence-electron chi connectivity index (χ0n) is 15.0. The van der Waals surface area contributed by atoms with Gasteiger partial charge in [-0.2, -0.15) is 0 Å². The smallest absolute Gasteiger partial charge is 0.326 e. The lowest BCUT2D eigenvalue weighted by molar-refractivity contribution is -0.142. The summed E-state index contributed by atoms with van der Waals surface area (Å²) in [5.74, 6) is -1.42. The van der Waals surface area contributed by atoms with Gasteiger partial charge in [0.25, 0.3) is 5.56 Å². The molecule has 0 fully saturated rings. The minimum Gasteiger partial charge on any atom is -0.480 e. The summed E-state index contributed by atoms with van der Waals surface area (Å²) in [4.78, 5) is 40.1. The van der Waals surface area contributed by atoms with Gasteiger partial charge in [0.2, 0.25) is 5.91 Å². The maximum Gasteiger partial charge on any atom is 0.326 e. The molecule has 3 N–H and O–H groups in total. The Bertz CT molecular complexity index is 866. The normalized spacial score (nSPS) is 12.3. The van der Waals surface area contributed by atoms with Crippen molar-refractivity contribution in [2.75, 3.05) is 0 Å². The number of rotatable bonds is 7. The van der Waals surface area contributed by atoms with Gasteiger partial charge in [0, 0.05) is 12.7 Å². The maximum absolute atomic E-state index is 12.3. The number of aryl methyl sites for hydroxylation is 3. The van der Waals surface area contributed by atoms with E-state index in [0.29, 0.717) is 34.3 Å². The molecular formula is C17H24N4O4. The zero-order valence-corrected chi connectivity index (χ0v) is 15.0. The molecule has 1 amide bonds. The third kappa shape index (κ3) is 3.89. The van der Waals surface area contributed by atoms with Crippen LogP contribution in [0.5, 0.6) is 0 Å². The highest BCUT2D eigenvalue weighted by molar-refractivity contribution is 5.87. The maximum atomic E-state index is 12.3. The number of amides is 1. The average molecular weight is 348 g/mol. The Kier molecular flexibility index (Phi) is 5.61. The number of aromatic amines is 1. The van der Waals surface area contributed by atoms with Gasteiger partial charge < -0.3 is 10.4 Å². The Hall–Kier alpha value is -2.64. The van der Waals surface area contributed by atoms with E-state index in [-0.39, 0.29) is 17.9 Å². The van der Waals surface area contributed by atoms with Crippen molar-refractivity contribution < 1.29 is 14.7 Å². The zero-order chi connectivity index (χ0) is 18.7. The highest BCUT2D eigenvalue weighted by Gasteiger charge is 2.22. The highest BCUT2D eigenvalue weighted by Crippen LogP contribution is 2.20. The Morgan fingerprint density at radius 3 is 2.64 bits per heavy atom. The lowest BCUT2D eigenvalue weighted by atomic mass is 10.0. The number of nitrogens with one attached hydrogen (secondary N) is 2. The van der Waals surface area contributed by atoms with Crippen LogP contribution in [0.1, 0.15) is 43.0 Å². The summed E-state index contributed by atoms with van der Waals surface area (Å²) < 4.78 is 1.55. The third-order valence-corrected chi connectivity index (χ3v) is 4.39. The number of aromatic nitrogens is 3. The number of pyridine rings is 1. The molecule has 0 bridgehead atoms. The molecule has 8 heteroatoms. The predicted octanol–water partition coefficient (Wildman–Crippen LogP) is 1.18. The minimum absolute atomic E-state index is 0.00908. The second kappa shape index (κ2) is 7.50. The van der Waals surface area contributed by atoms with Gasteiger partial charge in [0.15, 0.2) is 5.65 Å². The summed E-state index contributed by atoms with van der Waals surface area (Å²) in [6.45, 7) is 5.52. The molecule has 2 aromatic rings. The van der Waals surface area contributed by atoms with E-state index in [0.717, 1.165) is 12.8 Å². The summed E-state index contributed by atoms with van der Waals surface area (Å²) in [6.07, 6.45) is 1.97. The molecule has 0 aliphatic carbocycles. The van der Waals surface area contributed by atoms with Crippen LogP contribution in [-0.4, -0.2) is 37.8 Å². The van der Waals surface area contributed by atoms with Crippen LogP contribution < -0.4 is 10.9 Å². The Morgan fingerprint density at radius 2 is 2.04 bits per heavy atom. The number of carbonyl (C=O) groups excluding carboxylic acids is 1. The molecule has 0 aliphatic heterocycles. The van der Waals surface area contributed by atoms with Crippen molar-refractivity contribution >= 4 is 22.9 Å². The Labute approximate surface area is 145 Å². The molecule has 0 radical (unpaired) electrons. The predicted molar refractivity (Wildman–Crippen MR) is 93.6 cm³/mol. The first kappa shape index (κ1) is 18.7. The number of hydrogen-bond acceptors (Lipinski definition) is 4. The third-order valence-electron chi connectivity index (χ3n) is 4.39. The molecule has 0 aromatic carbocycles. The number of unbranched alkanes of at least 4 members (excludes halogenated alkanes) is 1. The van der Waals surface area contributed by atoms with Crippen LogP contribution in [0.4, 0.5) is 0 Å². The van der Waals surface area contributed by atoms with Crippen molar-refractivity contribution in [3.63, 3.8) is 0 Å². The standard InChI is InChI=1S/C17H24N4O4/c1-5-6-7-12(17(24)25)19-13(22)8-11-9(2)14-15(18-10(11)3)21(4)20-16(14)23/h12H,5-8H2,1-4H3,(H,19,22)(H,20,23)(H,24,25). The Morgan fingerprint density at radius 1 is 1.36 bits per heavy atom. The van der Waals surface area contributed by atoms with Crippen LogP contribution in [0.3, 0.4) is 0 Å². The van der Waals surface area contributed by atoms with E-state index < -0.39 is 12.0 Å². The second-order valence-corrected chi connectivity index (χ2v) is 6.28. The number of fused-ring (bicyclic) bond motifs is 1. The quantitative estimate of drug-likeness (QED) is 0.694. The van der Waals surface area contributed by atoms with Gasteiger partial charge in [-0.05, 0) is 31.4 Å². The van der Waals surface area contributed by atoms with E-state index in [1.165, 1.54) is 0 Å². The van der Waals surface area contributed by atoms with E-state index in [1.54, 1.807) is 25.6 Å². The first-order valence-corrected chi connectivity index (χ1v) is 8.33. The van der Waals surface area contributed by atoms with Crippen LogP contribution in [-0.2, 0) is 23.1 Å². The monoisotopic (exact) mass is 348 g/mol. The number of carboxylic acids is 1. The van der Waals surface area contributed by atoms with Gasteiger partial charge in [-0.1, -0.05) is 19.8 Å². The highest BCUT2D eigenvalue weighted by atomic mass is 16.4. The SMILES string of the molecule is CCCCC(NC(=O)Cc1c(C)nc2c(c1C)c(=O)[nH]n2C)C(=O)O. The molecule has 0 spiro atoms. The molecule has 1 atom stereocenters. The van der Waals surface area contributed by atoms with Crippen molar-refractivity contribution in [1.29, 1.82) is 0 Å². The fourth-order valence-electron chi connectivity index (χ4n) is 2.98. The fraction of sp³-hybridized carbons (Fsp3) is 0.529. The first-order chi connectivity index (χ1) is 11.8. The molecule has 2 heterocycles. The number of H-pyrrole nitrogens is 1. The van der Waals surface area contributed by atoms with Gasteiger partial charge in [-0.3, -0.25) is 19.4 Å². The summed E-state index contributed by atoms with van der Waals surface area (Å²) >= 11 is 0. The first-order valence-electron chi connectivity index (χ1n) is 8.33. The van der Waals surface area contributed by atoms with E-state index in [1.807, 2.05) is 6.92 Å².